The van der Waals surface area contributed by atoms with Crippen molar-refractivity contribution in [3.05, 3.63) is 34.1 Å². The minimum atomic E-state index is -0.338. The summed E-state index contributed by atoms with van der Waals surface area (Å²) in [6.45, 7) is 3.05. The number of nitrogens with one attached hydrogen (secondary N) is 1. The molecule has 1 saturated carbocycles. The topological polar surface area (TPSA) is 120 Å². The van der Waals surface area contributed by atoms with Crippen molar-refractivity contribution in [3.63, 3.8) is 0 Å². The zero-order chi connectivity index (χ0) is 22.7. The first kappa shape index (κ1) is 21.1. The molecule has 2 aliphatic heterocycles. The maximum absolute atomic E-state index is 15.4. The molecule has 4 heterocycles. The zero-order valence-electron chi connectivity index (χ0n) is 18.2. The average Bonchev–Trinajstić information content (AvgIpc) is 3.17. The van der Waals surface area contributed by atoms with Gasteiger partial charge < -0.3 is 31.0 Å². The number of fused-ring (bicyclic) bond motifs is 2. The Bertz CT molecular complexity index is 1250. The number of nitrogens with two attached hydrogens (primary N) is 2. The van der Waals surface area contributed by atoms with Crippen LogP contribution in [0.3, 0.4) is 0 Å². The lowest BCUT2D eigenvalue weighted by molar-refractivity contribution is 0.356. The summed E-state index contributed by atoms with van der Waals surface area (Å²) in [4.78, 5) is 15.0. The number of nitrogens with zero attached hydrogens (tertiary/aromatic N) is 5. The van der Waals surface area contributed by atoms with Crippen molar-refractivity contribution < 1.29 is 9.13 Å². The largest absolute Gasteiger partial charge is 0.491 e. The van der Waals surface area contributed by atoms with Gasteiger partial charge in [0.05, 0.1) is 29.6 Å². The Labute approximate surface area is 198 Å². The number of hydrogen-bond donors (Lipinski definition) is 3. The molecule has 1 saturated heterocycles. The summed E-state index contributed by atoms with van der Waals surface area (Å²) >= 11 is 3.55. The fraction of sp³-hybridized carbons (Fsp3) is 0.500. The van der Waals surface area contributed by atoms with Crippen molar-refractivity contribution in [1.82, 2.24) is 24.8 Å². The number of benzene rings is 1. The van der Waals surface area contributed by atoms with Crippen LogP contribution in [-0.2, 0) is 13.0 Å². The van der Waals surface area contributed by atoms with E-state index >= 15 is 4.39 Å². The van der Waals surface area contributed by atoms with Crippen molar-refractivity contribution >= 4 is 38.6 Å². The third kappa shape index (κ3) is 3.62. The number of nitrogen functional groups attached to an aromatic ring is 1. The van der Waals surface area contributed by atoms with Gasteiger partial charge >= 0.3 is 0 Å². The SMILES string of the molecule is Nc1ncnc2c1ncn2Cc1c(Br)c(F)c2c(c1N1CC[C@](N)(CNC3CC3)C1)OCC2. The fourth-order valence-corrected chi connectivity index (χ4v) is 5.46. The quantitative estimate of drug-likeness (QED) is 0.454. The normalized spacial score (nSPS) is 22.2. The molecule has 3 aliphatic rings. The average molecular weight is 517 g/mol. The summed E-state index contributed by atoms with van der Waals surface area (Å²) in [5, 5.41) is 3.57. The molecule has 33 heavy (non-hydrogen) atoms. The van der Waals surface area contributed by atoms with Gasteiger partial charge in [-0.05, 0) is 35.2 Å². The maximum atomic E-state index is 15.4. The summed E-state index contributed by atoms with van der Waals surface area (Å²) in [5.74, 6) is 0.675. The van der Waals surface area contributed by atoms with E-state index in [1.54, 1.807) is 6.33 Å². The highest BCUT2D eigenvalue weighted by Crippen LogP contribution is 2.47. The monoisotopic (exact) mass is 516 g/mol. The Morgan fingerprint density at radius 2 is 2.15 bits per heavy atom. The van der Waals surface area contributed by atoms with Crippen molar-refractivity contribution in [3.8, 4) is 5.75 Å². The van der Waals surface area contributed by atoms with E-state index in [1.807, 2.05) is 4.57 Å². The lowest BCUT2D eigenvalue weighted by atomic mass is 10.00. The first-order chi connectivity index (χ1) is 15.9. The van der Waals surface area contributed by atoms with Crippen molar-refractivity contribution in [2.75, 3.05) is 36.9 Å². The van der Waals surface area contributed by atoms with Crippen LogP contribution in [0.25, 0.3) is 11.2 Å². The lowest BCUT2D eigenvalue weighted by Crippen LogP contribution is -2.51. The minimum Gasteiger partial charge on any atom is -0.491 e. The Morgan fingerprint density at radius 1 is 1.30 bits per heavy atom. The molecule has 1 atom stereocenters. The summed E-state index contributed by atoms with van der Waals surface area (Å²) in [7, 11) is 0. The molecule has 0 unspecified atom stereocenters. The Kier molecular flexibility index (Phi) is 4.96. The lowest BCUT2D eigenvalue weighted by Gasteiger charge is -2.29. The minimum absolute atomic E-state index is 0.270. The van der Waals surface area contributed by atoms with Crippen molar-refractivity contribution in [2.45, 2.75) is 43.8 Å². The predicted molar refractivity (Wildman–Crippen MR) is 127 cm³/mol. The molecule has 0 radical (unpaired) electrons. The van der Waals surface area contributed by atoms with E-state index in [4.69, 9.17) is 16.2 Å². The number of anilines is 2. The molecule has 2 fully saturated rings. The number of halogens is 2. The molecule has 6 rings (SSSR count). The first-order valence-electron chi connectivity index (χ1n) is 11.3. The second-order valence-corrected chi connectivity index (χ2v) is 10.1. The summed E-state index contributed by atoms with van der Waals surface area (Å²) in [6.07, 6.45) is 6.93. The number of aromatic nitrogens is 4. The van der Waals surface area contributed by atoms with E-state index < -0.39 is 0 Å². The Morgan fingerprint density at radius 3 is 2.97 bits per heavy atom. The molecule has 1 aromatic carbocycles. The molecule has 0 bridgehead atoms. The molecule has 0 spiro atoms. The molecular formula is C22H26BrFN8O. The first-order valence-corrected chi connectivity index (χ1v) is 12.1. The second kappa shape index (κ2) is 7.78. The van der Waals surface area contributed by atoms with Gasteiger partial charge in [-0.1, -0.05) is 0 Å². The molecule has 1 aliphatic carbocycles. The van der Waals surface area contributed by atoms with E-state index in [0.717, 1.165) is 30.8 Å². The highest BCUT2D eigenvalue weighted by molar-refractivity contribution is 9.10. The third-order valence-electron chi connectivity index (χ3n) is 6.88. The van der Waals surface area contributed by atoms with Crippen LogP contribution < -0.4 is 26.4 Å². The third-order valence-corrected chi connectivity index (χ3v) is 7.70. The molecule has 174 valence electrons. The van der Waals surface area contributed by atoms with Crippen LogP contribution in [0.2, 0.25) is 0 Å². The van der Waals surface area contributed by atoms with Gasteiger partial charge in [-0.2, -0.15) is 0 Å². The van der Waals surface area contributed by atoms with Crippen LogP contribution in [0.4, 0.5) is 15.9 Å². The molecule has 9 nitrogen and oxygen atoms in total. The molecule has 2 aromatic heterocycles. The van der Waals surface area contributed by atoms with Gasteiger partial charge in [0.25, 0.3) is 0 Å². The van der Waals surface area contributed by atoms with Gasteiger partial charge in [0.15, 0.2) is 11.5 Å². The number of hydrogen-bond acceptors (Lipinski definition) is 8. The van der Waals surface area contributed by atoms with Crippen molar-refractivity contribution in [1.29, 1.82) is 0 Å². The van der Waals surface area contributed by atoms with Crippen LogP contribution in [0.15, 0.2) is 17.1 Å². The highest BCUT2D eigenvalue weighted by atomic mass is 79.9. The van der Waals surface area contributed by atoms with Gasteiger partial charge in [-0.3, -0.25) is 0 Å². The summed E-state index contributed by atoms with van der Waals surface area (Å²) < 4.78 is 23.6. The smallest absolute Gasteiger partial charge is 0.165 e. The van der Waals surface area contributed by atoms with Crippen molar-refractivity contribution in [2.24, 2.45) is 5.73 Å². The van der Waals surface area contributed by atoms with E-state index in [9.17, 15) is 0 Å². The summed E-state index contributed by atoms with van der Waals surface area (Å²) in [6, 6.07) is 0.603. The van der Waals surface area contributed by atoms with E-state index in [-0.39, 0.29) is 11.4 Å². The van der Waals surface area contributed by atoms with Crippen LogP contribution in [0, 0.1) is 5.82 Å². The number of imidazole rings is 1. The Balaban J connectivity index is 1.40. The maximum Gasteiger partial charge on any atom is 0.165 e. The summed E-state index contributed by atoms with van der Waals surface area (Å²) in [5.41, 5.74) is 15.8. The highest BCUT2D eigenvalue weighted by Gasteiger charge is 2.40. The fourth-order valence-electron chi connectivity index (χ4n) is 4.91. The number of ether oxygens (including phenoxy) is 1. The molecule has 3 aromatic rings. The molecule has 0 amide bonds. The van der Waals surface area contributed by atoms with Gasteiger partial charge in [-0.25, -0.2) is 19.3 Å². The predicted octanol–water partition coefficient (Wildman–Crippen LogP) is 1.95. The number of rotatable bonds is 6. The van der Waals surface area contributed by atoms with Gasteiger partial charge in [0.1, 0.15) is 23.4 Å². The second-order valence-electron chi connectivity index (χ2n) is 9.35. The standard InChI is InChI=1S/C22H26BrFN8O/c23-15-14(7-32-11-30-17-20(25)28-10-29-21(17)32)18(19-13(16(15)24)3-6-33-19)31-5-4-22(26,9-31)8-27-12-1-2-12/h10-12,27H,1-9,26H2,(H2,25,28,29)/t22-/m0/s1. The molecular weight excluding hydrogens is 491 g/mol. The zero-order valence-corrected chi connectivity index (χ0v) is 19.7. The molecule has 11 heteroatoms. The van der Waals surface area contributed by atoms with E-state index in [1.165, 1.54) is 19.2 Å². The van der Waals surface area contributed by atoms with Gasteiger partial charge in [0, 0.05) is 48.8 Å². The molecule has 5 N–H and O–H groups in total. The van der Waals surface area contributed by atoms with E-state index in [0.29, 0.717) is 64.9 Å². The Hall–Kier alpha value is -2.50. The van der Waals surface area contributed by atoms with Crippen LogP contribution in [0.5, 0.6) is 5.75 Å². The van der Waals surface area contributed by atoms with Crippen LogP contribution in [-0.4, -0.2) is 57.3 Å². The van der Waals surface area contributed by atoms with E-state index in [2.05, 4.69) is 41.1 Å². The van der Waals surface area contributed by atoms with Crippen LogP contribution >= 0.6 is 15.9 Å². The van der Waals surface area contributed by atoms with Gasteiger partial charge in [-0.15, -0.1) is 0 Å². The van der Waals surface area contributed by atoms with Gasteiger partial charge in [0.2, 0.25) is 0 Å². The van der Waals surface area contributed by atoms with Crippen LogP contribution in [0.1, 0.15) is 30.4 Å².